The SMILES string of the molecule is C[C@H](NC(=O)[C@H]1C[C@H]2CC[C@H]1C2)c1cccc(NS(C)(=O)=O)c1. The van der Waals surface area contributed by atoms with E-state index in [-0.39, 0.29) is 17.9 Å². The van der Waals surface area contributed by atoms with Gasteiger partial charge in [0.15, 0.2) is 0 Å². The lowest BCUT2D eigenvalue weighted by molar-refractivity contribution is -0.127. The van der Waals surface area contributed by atoms with Gasteiger partial charge in [0.25, 0.3) is 0 Å². The fraction of sp³-hybridized carbons (Fsp3) is 0.588. The molecule has 126 valence electrons. The zero-order valence-corrected chi connectivity index (χ0v) is 14.4. The number of hydrogen-bond donors (Lipinski definition) is 2. The molecule has 1 amide bonds. The van der Waals surface area contributed by atoms with Crippen LogP contribution in [0.15, 0.2) is 24.3 Å². The van der Waals surface area contributed by atoms with Crippen molar-refractivity contribution in [1.29, 1.82) is 0 Å². The van der Waals surface area contributed by atoms with Gasteiger partial charge < -0.3 is 5.32 Å². The quantitative estimate of drug-likeness (QED) is 0.868. The average molecular weight is 336 g/mol. The molecule has 2 bridgehead atoms. The second-order valence-corrected chi connectivity index (χ2v) is 8.76. The molecule has 2 fully saturated rings. The predicted octanol–water partition coefficient (Wildman–Crippen LogP) is 2.67. The molecular weight excluding hydrogens is 312 g/mol. The summed E-state index contributed by atoms with van der Waals surface area (Å²) in [5, 5.41) is 3.10. The molecule has 0 heterocycles. The average Bonchev–Trinajstić information content (AvgIpc) is 3.08. The monoisotopic (exact) mass is 336 g/mol. The molecule has 1 aromatic carbocycles. The van der Waals surface area contributed by atoms with E-state index in [0.717, 1.165) is 24.2 Å². The number of benzene rings is 1. The van der Waals surface area contributed by atoms with E-state index in [1.807, 2.05) is 13.0 Å². The van der Waals surface area contributed by atoms with Crippen molar-refractivity contribution < 1.29 is 13.2 Å². The molecule has 0 aliphatic heterocycles. The summed E-state index contributed by atoms with van der Waals surface area (Å²) in [5.41, 5.74) is 1.42. The molecule has 3 rings (SSSR count). The molecule has 0 unspecified atom stereocenters. The normalized spacial score (nSPS) is 27.7. The van der Waals surface area contributed by atoms with Gasteiger partial charge in [-0.1, -0.05) is 18.6 Å². The minimum absolute atomic E-state index is 0.136. The molecule has 6 heteroatoms. The fourth-order valence-electron chi connectivity index (χ4n) is 4.06. The van der Waals surface area contributed by atoms with Gasteiger partial charge in [-0.3, -0.25) is 9.52 Å². The number of carbonyl (C=O) groups excluding carboxylic acids is 1. The molecule has 23 heavy (non-hydrogen) atoms. The number of anilines is 1. The number of nitrogens with one attached hydrogen (secondary N) is 2. The minimum Gasteiger partial charge on any atom is -0.349 e. The first-order chi connectivity index (χ1) is 10.8. The van der Waals surface area contributed by atoms with Crippen molar-refractivity contribution in [2.45, 2.75) is 38.6 Å². The van der Waals surface area contributed by atoms with Gasteiger partial charge in [0, 0.05) is 11.6 Å². The first-order valence-electron chi connectivity index (χ1n) is 8.20. The minimum atomic E-state index is -3.30. The van der Waals surface area contributed by atoms with Crippen LogP contribution < -0.4 is 10.0 Å². The van der Waals surface area contributed by atoms with Crippen molar-refractivity contribution in [1.82, 2.24) is 5.32 Å². The number of fused-ring (bicyclic) bond motifs is 2. The van der Waals surface area contributed by atoms with Crippen LogP contribution in [0.1, 0.15) is 44.2 Å². The van der Waals surface area contributed by atoms with Crippen LogP contribution in [0.25, 0.3) is 0 Å². The van der Waals surface area contributed by atoms with E-state index in [4.69, 9.17) is 0 Å². The van der Waals surface area contributed by atoms with E-state index < -0.39 is 10.0 Å². The molecule has 0 aromatic heterocycles. The molecular formula is C17H24N2O3S. The summed E-state index contributed by atoms with van der Waals surface area (Å²) in [6.07, 6.45) is 5.83. The Morgan fingerprint density at radius 1 is 1.26 bits per heavy atom. The van der Waals surface area contributed by atoms with Crippen LogP contribution in [0.3, 0.4) is 0 Å². The summed E-state index contributed by atoms with van der Waals surface area (Å²) in [5.74, 6) is 1.61. The molecule has 2 aliphatic rings. The van der Waals surface area contributed by atoms with Crippen molar-refractivity contribution in [3.05, 3.63) is 29.8 Å². The smallest absolute Gasteiger partial charge is 0.229 e. The van der Waals surface area contributed by atoms with Crippen LogP contribution in [0.4, 0.5) is 5.69 Å². The van der Waals surface area contributed by atoms with Gasteiger partial charge in [-0.15, -0.1) is 0 Å². The Balaban J connectivity index is 1.65. The molecule has 0 spiro atoms. The van der Waals surface area contributed by atoms with Crippen LogP contribution in [0.5, 0.6) is 0 Å². The summed E-state index contributed by atoms with van der Waals surface area (Å²) in [7, 11) is -3.30. The maximum Gasteiger partial charge on any atom is 0.229 e. The largest absolute Gasteiger partial charge is 0.349 e. The lowest BCUT2D eigenvalue weighted by Crippen LogP contribution is -2.35. The van der Waals surface area contributed by atoms with E-state index >= 15 is 0 Å². The van der Waals surface area contributed by atoms with Gasteiger partial charge in [-0.2, -0.15) is 0 Å². The van der Waals surface area contributed by atoms with E-state index in [2.05, 4.69) is 10.0 Å². The second kappa shape index (κ2) is 6.15. The zero-order chi connectivity index (χ0) is 16.6. The van der Waals surface area contributed by atoms with Crippen LogP contribution in [0, 0.1) is 17.8 Å². The van der Waals surface area contributed by atoms with Gasteiger partial charge >= 0.3 is 0 Å². The summed E-state index contributed by atoms with van der Waals surface area (Å²) < 4.78 is 25.1. The number of amides is 1. The van der Waals surface area contributed by atoms with Crippen molar-refractivity contribution in [3.8, 4) is 0 Å². The van der Waals surface area contributed by atoms with Gasteiger partial charge in [-0.25, -0.2) is 8.42 Å². The Labute approximate surface area is 137 Å². The Hall–Kier alpha value is -1.56. The van der Waals surface area contributed by atoms with Gasteiger partial charge in [0.05, 0.1) is 12.3 Å². The van der Waals surface area contributed by atoms with E-state index in [9.17, 15) is 13.2 Å². The van der Waals surface area contributed by atoms with Crippen molar-refractivity contribution in [3.63, 3.8) is 0 Å². The molecule has 5 nitrogen and oxygen atoms in total. The van der Waals surface area contributed by atoms with E-state index in [0.29, 0.717) is 11.6 Å². The molecule has 1 aromatic rings. The first kappa shape index (κ1) is 16.3. The van der Waals surface area contributed by atoms with Gasteiger partial charge in [0.2, 0.25) is 15.9 Å². The molecule has 0 saturated heterocycles. The van der Waals surface area contributed by atoms with Crippen LogP contribution in [-0.2, 0) is 14.8 Å². The molecule has 2 aliphatic carbocycles. The maximum atomic E-state index is 12.5. The lowest BCUT2D eigenvalue weighted by Gasteiger charge is -2.23. The third kappa shape index (κ3) is 3.86. The summed E-state index contributed by atoms with van der Waals surface area (Å²) >= 11 is 0. The van der Waals surface area contributed by atoms with Crippen LogP contribution in [0.2, 0.25) is 0 Å². The summed E-state index contributed by atoms with van der Waals surface area (Å²) in [6, 6.07) is 7.03. The highest BCUT2D eigenvalue weighted by Gasteiger charge is 2.43. The summed E-state index contributed by atoms with van der Waals surface area (Å²) in [6.45, 7) is 1.94. The Morgan fingerprint density at radius 2 is 2.04 bits per heavy atom. The third-order valence-electron chi connectivity index (χ3n) is 5.12. The van der Waals surface area contributed by atoms with Crippen LogP contribution >= 0.6 is 0 Å². The standard InChI is InChI=1S/C17H24N2O3S/c1-11(13-4-3-5-15(10-13)19-23(2,21)22)18-17(20)16-9-12-6-7-14(16)8-12/h3-5,10-12,14,16,19H,6-9H2,1-2H3,(H,18,20)/t11-,12-,14-,16-/m0/s1. The molecule has 0 radical (unpaired) electrons. The van der Waals surface area contributed by atoms with Crippen molar-refractivity contribution in [2.75, 3.05) is 11.0 Å². The first-order valence-corrected chi connectivity index (χ1v) is 10.1. The topological polar surface area (TPSA) is 75.3 Å². The Kier molecular flexibility index (Phi) is 4.36. The molecule has 2 saturated carbocycles. The Bertz CT molecular complexity index is 702. The van der Waals surface area contributed by atoms with Crippen LogP contribution in [-0.4, -0.2) is 20.6 Å². The molecule has 2 N–H and O–H groups in total. The Morgan fingerprint density at radius 3 is 2.65 bits per heavy atom. The molecule has 4 atom stereocenters. The number of rotatable bonds is 5. The lowest BCUT2D eigenvalue weighted by atomic mass is 9.88. The highest BCUT2D eigenvalue weighted by molar-refractivity contribution is 7.92. The van der Waals surface area contributed by atoms with Crippen molar-refractivity contribution in [2.24, 2.45) is 17.8 Å². The number of hydrogen-bond acceptors (Lipinski definition) is 3. The van der Waals surface area contributed by atoms with Crippen molar-refractivity contribution >= 4 is 21.6 Å². The fourth-order valence-corrected chi connectivity index (χ4v) is 4.61. The highest BCUT2D eigenvalue weighted by atomic mass is 32.2. The third-order valence-corrected chi connectivity index (χ3v) is 5.73. The van der Waals surface area contributed by atoms with Gasteiger partial charge in [-0.05, 0) is 55.7 Å². The highest BCUT2D eigenvalue weighted by Crippen LogP contribution is 2.48. The van der Waals surface area contributed by atoms with E-state index in [1.165, 1.54) is 19.3 Å². The maximum absolute atomic E-state index is 12.5. The summed E-state index contributed by atoms with van der Waals surface area (Å²) in [4.78, 5) is 12.5. The zero-order valence-electron chi connectivity index (χ0n) is 13.6. The second-order valence-electron chi connectivity index (χ2n) is 7.01. The van der Waals surface area contributed by atoms with Gasteiger partial charge in [0.1, 0.15) is 0 Å². The van der Waals surface area contributed by atoms with E-state index in [1.54, 1.807) is 18.2 Å². The predicted molar refractivity (Wildman–Crippen MR) is 90.4 cm³/mol. The number of sulfonamides is 1. The number of carbonyl (C=O) groups is 1.